The van der Waals surface area contributed by atoms with E-state index >= 15 is 0 Å². The normalized spacial score (nSPS) is 17.7. The topological polar surface area (TPSA) is 46.9 Å². The molecule has 36 heavy (non-hydrogen) atoms. The molecule has 0 saturated carbocycles. The molecule has 4 nitrogen and oxygen atoms in total. The van der Waals surface area contributed by atoms with Crippen molar-refractivity contribution in [3.8, 4) is 17.1 Å². The van der Waals surface area contributed by atoms with Gasteiger partial charge < -0.3 is 5.32 Å². The highest BCUT2D eigenvalue weighted by molar-refractivity contribution is 6.36. The van der Waals surface area contributed by atoms with Crippen molar-refractivity contribution in [1.29, 1.82) is 0 Å². The van der Waals surface area contributed by atoms with E-state index in [-0.39, 0.29) is 18.7 Å². The molecule has 1 amide bonds. The van der Waals surface area contributed by atoms with Crippen LogP contribution in [0.2, 0.25) is 15.1 Å². The number of rotatable bonds is 5. The minimum atomic E-state index is -4.35. The number of halogens is 6. The highest BCUT2D eigenvalue weighted by Gasteiger charge is 2.49. The molecule has 1 aromatic heterocycles. The fraction of sp³-hybridized carbons (Fsp3) is 0.231. The Kier molecular flexibility index (Phi) is 7.28. The van der Waals surface area contributed by atoms with Crippen molar-refractivity contribution in [2.24, 2.45) is 5.41 Å². The van der Waals surface area contributed by atoms with Gasteiger partial charge in [0.2, 0.25) is 0 Å². The van der Waals surface area contributed by atoms with Crippen LogP contribution in [-0.2, 0) is 0 Å². The van der Waals surface area contributed by atoms with Gasteiger partial charge in [0.1, 0.15) is 11.5 Å². The first-order chi connectivity index (χ1) is 16.9. The number of nitrogens with zero attached hydrogens (tertiary/aromatic N) is 2. The van der Waals surface area contributed by atoms with Gasteiger partial charge in [0.15, 0.2) is 0 Å². The SMILES string of the molecule is Cc1c(C(=O)NCC2=CCC(C)(C(F)(F)F)C=C2)nc(-c2ccc(Cl)cc2Cl)n1-c1ccc(Cl)cc1. The third-order valence-electron chi connectivity index (χ3n) is 6.13. The Morgan fingerprint density at radius 1 is 1.11 bits per heavy atom. The highest BCUT2D eigenvalue weighted by Crippen LogP contribution is 2.44. The molecule has 3 aromatic rings. The zero-order valence-corrected chi connectivity index (χ0v) is 21.5. The Balaban J connectivity index is 1.64. The number of hydrogen-bond donors (Lipinski definition) is 1. The van der Waals surface area contributed by atoms with Crippen LogP contribution in [0.4, 0.5) is 13.2 Å². The molecule has 0 fully saturated rings. The summed E-state index contributed by atoms with van der Waals surface area (Å²) in [4.78, 5) is 17.7. The highest BCUT2D eigenvalue weighted by atomic mass is 35.5. The Hall–Kier alpha value is -2.74. The van der Waals surface area contributed by atoms with Gasteiger partial charge in [-0.1, -0.05) is 53.0 Å². The molecule has 0 aliphatic heterocycles. The van der Waals surface area contributed by atoms with E-state index in [0.717, 1.165) is 13.0 Å². The maximum Gasteiger partial charge on any atom is 0.397 e. The summed E-state index contributed by atoms with van der Waals surface area (Å²) in [5.41, 5.74) is 0.665. The van der Waals surface area contributed by atoms with Crippen LogP contribution in [0.1, 0.15) is 29.5 Å². The second kappa shape index (κ2) is 9.96. The van der Waals surface area contributed by atoms with Crippen LogP contribution in [0.25, 0.3) is 17.1 Å². The summed E-state index contributed by atoms with van der Waals surface area (Å²) in [6, 6.07) is 12.0. The van der Waals surface area contributed by atoms with Gasteiger partial charge in [0, 0.05) is 27.8 Å². The Labute approximate surface area is 221 Å². The van der Waals surface area contributed by atoms with Crippen molar-refractivity contribution in [3.63, 3.8) is 0 Å². The lowest BCUT2D eigenvalue weighted by molar-refractivity contribution is -0.199. The van der Waals surface area contributed by atoms with E-state index in [1.54, 1.807) is 54.0 Å². The maximum absolute atomic E-state index is 13.2. The van der Waals surface area contributed by atoms with E-state index in [4.69, 9.17) is 34.8 Å². The molecule has 1 N–H and O–H groups in total. The first-order valence-corrected chi connectivity index (χ1v) is 12.1. The van der Waals surface area contributed by atoms with Crippen LogP contribution in [-0.4, -0.2) is 28.2 Å². The third kappa shape index (κ3) is 5.19. The van der Waals surface area contributed by atoms with E-state index in [9.17, 15) is 18.0 Å². The first-order valence-electron chi connectivity index (χ1n) is 10.9. The smallest absolute Gasteiger partial charge is 0.347 e. The van der Waals surface area contributed by atoms with Gasteiger partial charge in [0.25, 0.3) is 5.91 Å². The Bertz CT molecular complexity index is 1380. The largest absolute Gasteiger partial charge is 0.397 e. The number of alkyl halides is 3. The zero-order valence-electron chi connectivity index (χ0n) is 19.3. The van der Waals surface area contributed by atoms with Gasteiger partial charge in [-0.2, -0.15) is 13.2 Å². The van der Waals surface area contributed by atoms with Crippen LogP contribution in [0.5, 0.6) is 0 Å². The molecule has 4 rings (SSSR count). The number of benzene rings is 2. The zero-order chi connectivity index (χ0) is 26.3. The predicted molar refractivity (Wildman–Crippen MR) is 137 cm³/mol. The molecule has 1 aliphatic rings. The van der Waals surface area contributed by atoms with Crippen molar-refractivity contribution < 1.29 is 18.0 Å². The van der Waals surface area contributed by atoms with Gasteiger partial charge in [-0.3, -0.25) is 9.36 Å². The lowest BCUT2D eigenvalue weighted by Gasteiger charge is -2.30. The molecule has 0 bridgehead atoms. The second-order valence-electron chi connectivity index (χ2n) is 8.72. The first kappa shape index (κ1) is 26.3. The molecular formula is C26H21Cl3F3N3O. The number of allylic oxidation sites excluding steroid dienone is 2. The molecule has 10 heteroatoms. The molecule has 2 aromatic carbocycles. The van der Waals surface area contributed by atoms with Crippen LogP contribution in [0, 0.1) is 12.3 Å². The Morgan fingerprint density at radius 2 is 1.78 bits per heavy atom. The second-order valence-corrected chi connectivity index (χ2v) is 10.00. The fourth-order valence-electron chi connectivity index (χ4n) is 3.85. The number of hydrogen-bond acceptors (Lipinski definition) is 2. The van der Waals surface area contributed by atoms with Crippen molar-refractivity contribution >= 4 is 40.7 Å². The average molecular weight is 555 g/mol. The molecule has 0 spiro atoms. The number of carbonyl (C=O) groups is 1. The maximum atomic E-state index is 13.2. The summed E-state index contributed by atoms with van der Waals surface area (Å²) in [5, 5.41) is 4.13. The van der Waals surface area contributed by atoms with Gasteiger partial charge in [0.05, 0.1) is 16.1 Å². The number of nitrogens with one attached hydrogen (secondary N) is 1. The van der Waals surface area contributed by atoms with Crippen molar-refractivity contribution in [2.75, 3.05) is 6.54 Å². The number of aromatic nitrogens is 2. The monoisotopic (exact) mass is 553 g/mol. The van der Waals surface area contributed by atoms with E-state index in [1.807, 2.05) is 0 Å². The summed E-state index contributed by atoms with van der Waals surface area (Å²) in [5.74, 6) is -0.0376. The average Bonchev–Trinajstić information content (AvgIpc) is 3.15. The van der Waals surface area contributed by atoms with E-state index < -0.39 is 17.5 Å². The molecule has 1 unspecified atom stereocenters. The minimum Gasteiger partial charge on any atom is -0.347 e. The van der Waals surface area contributed by atoms with Crippen LogP contribution >= 0.6 is 34.8 Å². The molecule has 1 aliphatic carbocycles. The van der Waals surface area contributed by atoms with Crippen molar-refractivity contribution in [3.05, 3.63) is 92.7 Å². The van der Waals surface area contributed by atoms with Gasteiger partial charge in [-0.15, -0.1) is 0 Å². The predicted octanol–water partition coefficient (Wildman–Crippen LogP) is 7.99. The lowest BCUT2D eigenvalue weighted by Crippen LogP contribution is -2.34. The fourth-order valence-corrected chi connectivity index (χ4v) is 4.47. The minimum absolute atomic E-state index is 0.0630. The van der Waals surface area contributed by atoms with E-state index in [0.29, 0.717) is 43.4 Å². The summed E-state index contributed by atoms with van der Waals surface area (Å²) < 4.78 is 41.5. The van der Waals surface area contributed by atoms with Crippen LogP contribution < -0.4 is 5.32 Å². The third-order valence-corrected chi connectivity index (χ3v) is 6.93. The standard InChI is InChI=1S/C26H21Cl3F3N3O/c1-15-22(24(36)33-14-16-9-11-25(2,12-10-16)26(30,31)32)34-23(20-8-5-18(28)13-21(20)29)35(15)19-6-3-17(27)4-7-19/h3-11,13H,12,14H2,1-2H3,(H,33,36). The van der Waals surface area contributed by atoms with E-state index in [2.05, 4.69) is 10.3 Å². The van der Waals surface area contributed by atoms with Crippen molar-refractivity contribution in [2.45, 2.75) is 26.4 Å². The summed E-state index contributed by atoms with van der Waals surface area (Å²) in [6.45, 7) is 2.96. The molecule has 0 radical (unpaired) electrons. The quantitative estimate of drug-likeness (QED) is 0.347. The molecule has 0 saturated heterocycles. The summed E-state index contributed by atoms with van der Waals surface area (Å²) in [6.07, 6.45) is -0.516. The molecular weight excluding hydrogens is 534 g/mol. The number of amides is 1. The lowest BCUT2D eigenvalue weighted by atomic mass is 9.81. The number of carbonyl (C=O) groups excluding carboxylic acids is 1. The van der Waals surface area contributed by atoms with E-state index in [1.165, 1.54) is 12.2 Å². The Morgan fingerprint density at radius 3 is 2.36 bits per heavy atom. The molecule has 1 atom stereocenters. The summed E-state index contributed by atoms with van der Waals surface area (Å²) >= 11 is 18.6. The van der Waals surface area contributed by atoms with Crippen LogP contribution in [0.3, 0.4) is 0 Å². The van der Waals surface area contributed by atoms with Gasteiger partial charge in [-0.05, 0) is 68.3 Å². The van der Waals surface area contributed by atoms with Gasteiger partial charge >= 0.3 is 6.18 Å². The van der Waals surface area contributed by atoms with Gasteiger partial charge in [-0.25, -0.2) is 4.98 Å². The number of imidazole rings is 1. The summed E-state index contributed by atoms with van der Waals surface area (Å²) in [7, 11) is 0. The van der Waals surface area contributed by atoms with Crippen LogP contribution in [0.15, 0.2) is 66.3 Å². The molecule has 1 heterocycles. The van der Waals surface area contributed by atoms with Crippen molar-refractivity contribution in [1.82, 2.24) is 14.9 Å². The molecule has 188 valence electrons.